The fourth-order valence-electron chi connectivity index (χ4n) is 2.56. The van der Waals surface area contributed by atoms with Crippen molar-refractivity contribution in [2.24, 2.45) is 5.92 Å². The van der Waals surface area contributed by atoms with Crippen LogP contribution in [0.5, 0.6) is 0 Å². The van der Waals surface area contributed by atoms with Crippen LogP contribution in [0.15, 0.2) is 29.2 Å². The molecule has 0 amide bonds. The number of hydrogen-bond acceptors (Lipinski definition) is 3. The van der Waals surface area contributed by atoms with Gasteiger partial charge in [-0.2, -0.15) is 0 Å². The third-order valence-corrected chi connectivity index (χ3v) is 8.14. The average molecular weight is 329 g/mol. The molecule has 0 aliphatic rings. The molecule has 1 aromatic carbocycles. The molecule has 4 heteroatoms. The molecule has 0 aromatic heterocycles. The number of sulfone groups is 1. The first-order chi connectivity index (χ1) is 9.93. The van der Waals surface area contributed by atoms with Crippen molar-refractivity contribution < 1.29 is 8.42 Å². The average Bonchev–Trinajstić information content (AvgIpc) is 2.44. The van der Waals surface area contributed by atoms with Crippen molar-refractivity contribution in [1.29, 1.82) is 0 Å². The molecular formula is C17H28O2S2. The Labute approximate surface area is 134 Å². The maximum atomic E-state index is 12.8. The molecule has 0 bridgehead atoms. The lowest BCUT2D eigenvalue weighted by Gasteiger charge is -2.22. The summed E-state index contributed by atoms with van der Waals surface area (Å²) in [5.41, 5.74) is 1.09. The van der Waals surface area contributed by atoms with Gasteiger partial charge in [-0.15, -0.1) is 11.8 Å². The largest absolute Gasteiger partial charge is 0.223 e. The van der Waals surface area contributed by atoms with E-state index in [0.29, 0.717) is 4.90 Å². The van der Waals surface area contributed by atoms with E-state index in [4.69, 9.17) is 0 Å². The van der Waals surface area contributed by atoms with Crippen LogP contribution in [-0.2, 0) is 9.84 Å². The molecule has 2 nitrogen and oxygen atoms in total. The second-order valence-corrected chi connectivity index (χ2v) is 9.14. The van der Waals surface area contributed by atoms with Crippen LogP contribution in [0.1, 0.15) is 51.5 Å². The zero-order valence-corrected chi connectivity index (χ0v) is 15.3. The van der Waals surface area contributed by atoms with Crippen molar-refractivity contribution in [3.8, 4) is 0 Å². The van der Waals surface area contributed by atoms with Gasteiger partial charge in [0.05, 0.1) is 4.90 Å². The second-order valence-electron chi connectivity index (χ2n) is 5.79. The molecule has 2 unspecified atom stereocenters. The fraction of sp³-hybridized carbons (Fsp3) is 0.647. The Morgan fingerprint density at radius 1 is 1.10 bits per heavy atom. The summed E-state index contributed by atoms with van der Waals surface area (Å²) in [6, 6.07) is 7.21. The van der Waals surface area contributed by atoms with Gasteiger partial charge in [-0.05, 0) is 37.7 Å². The number of thioether (sulfide) groups is 1. The Hall–Kier alpha value is -0.480. The SMILES string of the molecule is CCCCCCC(C)C(SC)S(=O)(=O)c1ccc(C)cc1. The van der Waals surface area contributed by atoms with Crippen LogP contribution in [0.4, 0.5) is 0 Å². The number of rotatable bonds is 9. The van der Waals surface area contributed by atoms with Crippen molar-refractivity contribution in [2.45, 2.75) is 62.4 Å². The number of hydrogen-bond donors (Lipinski definition) is 0. The van der Waals surface area contributed by atoms with Crippen LogP contribution in [-0.4, -0.2) is 19.3 Å². The smallest absolute Gasteiger partial charge is 0.190 e. The summed E-state index contributed by atoms with van der Waals surface area (Å²) in [7, 11) is -3.25. The maximum absolute atomic E-state index is 12.8. The number of benzene rings is 1. The zero-order chi connectivity index (χ0) is 15.9. The summed E-state index contributed by atoms with van der Waals surface area (Å²) in [5, 5.41) is 0. The van der Waals surface area contributed by atoms with Crippen molar-refractivity contribution in [3.63, 3.8) is 0 Å². The normalized spacial score (nSPS) is 14.9. The van der Waals surface area contributed by atoms with E-state index in [1.165, 1.54) is 31.0 Å². The summed E-state index contributed by atoms with van der Waals surface area (Å²) in [4.78, 5) is 0.452. The molecule has 0 spiro atoms. The van der Waals surface area contributed by atoms with E-state index < -0.39 is 9.84 Å². The van der Waals surface area contributed by atoms with Gasteiger partial charge < -0.3 is 0 Å². The van der Waals surface area contributed by atoms with Crippen molar-refractivity contribution in [3.05, 3.63) is 29.8 Å². The molecule has 0 N–H and O–H groups in total. The first kappa shape index (κ1) is 18.6. The lowest BCUT2D eigenvalue weighted by Crippen LogP contribution is -2.25. The molecule has 0 radical (unpaired) electrons. The lowest BCUT2D eigenvalue weighted by molar-refractivity contribution is 0.500. The third kappa shape index (κ3) is 5.33. The van der Waals surface area contributed by atoms with Crippen molar-refractivity contribution in [1.82, 2.24) is 0 Å². The van der Waals surface area contributed by atoms with E-state index in [2.05, 4.69) is 13.8 Å². The quantitative estimate of drug-likeness (QED) is 0.594. The topological polar surface area (TPSA) is 34.1 Å². The van der Waals surface area contributed by atoms with E-state index in [1.807, 2.05) is 25.3 Å². The fourth-order valence-corrected chi connectivity index (χ4v) is 6.03. The summed E-state index contributed by atoms with van der Waals surface area (Å²) in [6.45, 7) is 6.23. The second kappa shape index (κ2) is 8.84. The Morgan fingerprint density at radius 2 is 1.71 bits per heavy atom. The molecule has 0 saturated carbocycles. The van der Waals surface area contributed by atoms with Crippen LogP contribution in [0.25, 0.3) is 0 Å². The number of aryl methyl sites for hydroxylation is 1. The maximum Gasteiger partial charge on any atom is 0.190 e. The van der Waals surface area contributed by atoms with Gasteiger partial charge in [0.2, 0.25) is 0 Å². The highest BCUT2D eigenvalue weighted by atomic mass is 32.3. The van der Waals surface area contributed by atoms with E-state index >= 15 is 0 Å². The van der Waals surface area contributed by atoms with Crippen molar-refractivity contribution >= 4 is 21.6 Å². The summed E-state index contributed by atoms with van der Waals surface area (Å²) in [5.74, 6) is 0.183. The minimum Gasteiger partial charge on any atom is -0.223 e. The minimum atomic E-state index is -3.25. The molecule has 1 aromatic rings. The van der Waals surface area contributed by atoms with Gasteiger partial charge in [0, 0.05) is 0 Å². The van der Waals surface area contributed by atoms with Gasteiger partial charge >= 0.3 is 0 Å². The van der Waals surface area contributed by atoms with E-state index in [1.54, 1.807) is 12.1 Å². The molecule has 2 atom stereocenters. The van der Waals surface area contributed by atoms with Gasteiger partial charge in [-0.3, -0.25) is 0 Å². The van der Waals surface area contributed by atoms with Gasteiger partial charge in [-0.25, -0.2) is 8.42 Å². The van der Waals surface area contributed by atoms with Gasteiger partial charge in [0.1, 0.15) is 4.58 Å². The minimum absolute atomic E-state index is 0.183. The van der Waals surface area contributed by atoms with E-state index in [-0.39, 0.29) is 10.5 Å². The molecule has 0 aliphatic heterocycles. The lowest BCUT2D eigenvalue weighted by atomic mass is 10.0. The van der Waals surface area contributed by atoms with E-state index in [0.717, 1.165) is 18.4 Å². The first-order valence-electron chi connectivity index (χ1n) is 7.76. The highest BCUT2D eigenvalue weighted by Crippen LogP contribution is 2.31. The highest BCUT2D eigenvalue weighted by molar-refractivity contribution is 8.13. The van der Waals surface area contributed by atoms with Crippen LogP contribution in [0.3, 0.4) is 0 Å². The first-order valence-corrected chi connectivity index (χ1v) is 10.6. The van der Waals surface area contributed by atoms with Crippen LogP contribution in [0.2, 0.25) is 0 Å². The molecular weight excluding hydrogens is 300 g/mol. The summed E-state index contributed by atoms with van der Waals surface area (Å²) < 4.78 is 25.2. The van der Waals surface area contributed by atoms with Crippen molar-refractivity contribution in [2.75, 3.05) is 6.26 Å². The highest BCUT2D eigenvalue weighted by Gasteiger charge is 2.31. The summed E-state index contributed by atoms with van der Waals surface area (Å²) in [6.07, 6.45) is 7.65. The molecule has 0 heterocycles. The zero-order valence-electron chi connectivity index (χ0n) is 13.6. The Bertz CT molecular complexity index is 506. The molecule has 0 saturated heterocycles. The van der Waals surface area contributed by atoms with Gasteiger partial charge in [0.15, 0.2) is 9.84 Å². The standard InChI is InChI=1S/C17H28O2S2/c1-5-6-7-8-9-15(3)17(20-4)21(18,19)16-12-10-14(2)11-13-16/h10-13,15,17H,5-9H2,1-4H3. The predicted molar refractivity (Wildman–Crippen MR) is 93.6 cm³/mol. The van der Waals surface area contributed by atoms with Crippen LogP contribution in [0, 0.1) is 12.8 Å². The number of unbranched alkanes of at least 4 members (excludes halogenated alkanes) is 3. The molecule has 0 fully saturated rings. The van der Waals surface area contributed by atoms with Gasteiger partial charge in [0.25, 0.3) is 0 Å². The Balaban J connectivity index is 2.79. The molecule has 21 heavy (non-hydrogen) atoms. The summed E-state index contributed by atoms with van der Waals surface area (Å²) >= 11 is 1.46. The Kier molecular flexibility index (Phi) is 7.82. The molecule has 1 rings (SSSR count). The molecule has 0 aliphatic carbocycles. The third-order valence-electron chi connectivity index (χ3n) is 3.87. The predicted octanol–water partition coefficient (Wildman–Crippen LogP) is 5.06. The molecule has 120 valence electrons. The Morgan fingerprint density at radius 3 is 2.24 bits per heavy atom. The monoisotopic (exact) mass is 328 g/mol. The van der Waals surface area contributed by atoms with Crippen LogP contribution >= 0.6 is 11.8 Å². The van der Waals surface area contributed by atoms with Gasteiger partial charge in [-0.1, -0.05) is 57.2 Å². The van der Waals surface area contributed by atoms with Crippen LogP contribution < -0.4 is 0 Å². The van der Waals surface area contributed by atoms with E-state index in [9.17, 15) is 8.42 Å².